The van der Waals surface area contributed by atoms with E-state index in [1.807, 2.05) is 55.7 Å². The molecule has 0 saturated heterocycles. The Morgan fingerprint density at radius 2 is 1.76 bits per heavy atom. The van der Waals surface area contributed by atoms with Gasteiger partial charge in [-0.25, -0.2) is 9.07 Å². The van der Waals surface area contributed by atoms with Gasteiger partial charge in [-0.2, -0.15) is 0 Å². The van der Waals surface area contributed by atoms with E-state index in [0.29, 0.717) is 17.9 Å². The third-order valence-electron chi connectivity index (χ3n) is 4.62. The first-order valence-electron chi connectivity index (χ1n) is 9.26. The van der Waals surface area contributed by atoms with Gasteiger partial charge in [0.25, 0.3) is 5.91 Å². The van der Waals surface area contributed by atoms with Crippen LogP contribution in [0.25, 0.3) is 5.82 Å². The van der Waals surface area contributed by atoms with Crippen LogP contribution >= 0.6 is 0 Å². The van der Waals surface area contributed by atoms with E-state index in [0.717, 1.165) is 5.56 Å². The summed E-state index contributed by atoms with van der Waals surface area (Å²) in [6, 6.07) is 18.2. The van der Waals surface area contributed by atoms with E-state index in [1.54, 1.807) is 27.4 Å². The largest absolute Gasteiger partial charge is 0.346 e. The molecule has 0 unspecified atom stereocenters. The molecule has 4 aromatic rings. The number of nitrogens with one attached hydrogen (secondary N) is 1. The van der Waals surface area contributed by atoms with Crippen LogP contribution < -0.4 is 5.32 Å². The van der Waals surface area contributed by atoms with E-state index in [9.17, 15) is 9.18 Å². The van der Waals surface area contributed by atoms with E-state index >= 15 is 0 Å². The summed E-state index contributed by atoms with van der Waals surface area (Å²) in [7, 11) is 0. The minimum absolute atomic E-state index is 0.0709. The third kappa shape index (κ3) is 4.08. The Labute approximate surface area is 167 Å². The lowest BCUT2D eigenvalue weighted by Crippen LogP contribution is -2.25. The summed E-state index contributed by atoms with van der Waals surface area (Å²) in [4.78, 5) is 12.8. The van der Waals surface area contributed by atoms with Crippen LogP contribution in [0, 0.1) is 12.7 Å². The topological polar surface area (TPSA) is 64.7 Å². The van der Waals surface area contributed by atoms with E-state index in [1.165, 1.54) is 11.6 Å². The first-order valence-corrected chi connectivity index (χ1v) is 9.26. The third-order valence-corrected chi connectivity index (χ3v) is 4.62. The van der Waals surface area contributed by atoms with Crippen molar-refractivity contribution in [1.29, 1.82) is 0 Å². The molecule has 0 saturated carbocycles. The highest BCUT2D eigenvalue weighted by molar-refractivity contribution is 5.95. The highest BCUT2D eigenvalue weighted by atomic mass is 19.1. The first-order chi connectivity index (χ1) is 14.1. The Morgan fingerprint density at radius 3 is 2.48 bits per heavy atom. The maximum Gasteiger partial charge on any atom is 0.276 e. The second kappa shape index (κ2) is 8.10. The fraction of sp³-hybridized carbons (Fsp3) is 0.136. The summed E-state index contributed by atoms with van der Waals surface area (Å²) < 4.78 is 17.3. The van der Waals surface area contributed by atoms with Crippen molar-refractivity contribution in [2.75, 3.05) is 0 Å². The van der Waals surface area contributed by atoms with Gasteiger partial charge in [0.1, 0.15) is 5.82 Å². The Morgan fingerprint density at radius 1 is 1.03 bits per heavy atom. The second-order valence-electron chi connectivity index (χ2n) is 6.77. The number of nitrogens with zero attached hydrogens (tertiary/aromatic N) is 4. The van der Waals surface area contributed by atoms with E-state index in [2.05, 4.69) is 15.6 Å². The average molecular weight is 389 g/mol. The normalized spacial score (nSPS) is 10.8. The predicted octanol–water partition coefficient (Wildman–Crippen LogP) is 3.49. The molecule has 0 radical (unpaired) electrons. The number of halogens is 1. The summed E-state index contributed by atoms with van der Waals surface area (Å²) >= 11 is 0. The zero-order valence-electron chi connectivity index (χ0n) is 15.9. The van der Waals surface area contributed by atoms with Gasteiger partial charge in [-0.3, -0.25) is 4.79 Å². The van der Waals surface area contributed by atoms with Crippen LogP contribution in [0.3, 0.4) is 0 Å². The minimum Gasteiger partial charge on any atom is -0.346 e. The molecule has 2 aromatic heterocycles. The lowest BCUT2D eigenvalue weighted by atomic mass is 10.1. The van der Waals surface area contributed by atoms with E-state index in [-0.39, 0.29) is 18.1 Å². The number of aryl methyl sites for hydroxylation is 1. The quantitative estimate of drug-likeness (QED) is 0.549. The SMILES string of the molecule is Cc1ccc(Cn2nnc(C(=O)NCc3ccccc3F)c2-n2cccc2)cc1. The number of carbonyl (C=O) groups is 1. The fourth-order valence-electron chi connectivity index (χ4n) is 3.06. The number of hydrogen-bond donors (Lipinski definition) is 1. The van der Waals surface area contributed by atoms with Crippen LogP contribution in [0.1, 0.15) is 27.2 Å². The Kier molecular flexibility index (Phi) is 5.20. The Bertz CT molecular complexity index is 1120. The maximum atomic E-state index is 13.8. The lowest BCUT2D eigenvalue weighted by molar-refractivity contribution is 0.0945. The van der Waals surface area contributed by atoms with Crippen molar-refractivity contribution in [1.82, 2.24) is 24.9 Å². The predicted molar refractivity (Wildman–Crippen MR) is 107 cm³/mol. The van der Waals surface area contributed by atoms with Crippen LogP contribution in [0.5, 0.6) is 0 Å². The zero-order valence-corrected chi connectivity index (χ0v) is 15.9. The molecular formula is C22H20FN5O. The highest BCUT2D eigenvalue weighted by Gasteiger charge is 2.21. The van der Waals surface area contributed by atoms with Crippen LogP contribution in [0.4, 0.5) is 4.39 Å². The van der Waals surface area contributed by atoms with Crippen molar-refractivity contribution in [3.63, 3.8) is 0 Å². The van der Waals surface area contributed by atoms with Gasteiger partial charge in [0.15, 0.2) is 11.5 Å². The molecular weight excluding hydrogens is 369 g/mol. The number of hydrogen-bond acceptors (Lipinski definition) is 3. The minimum atomic E-state index is -0.410. The molecule has 0 aliphatic heterocycles. The van der Waals surface area contributed by atoms with Gasteiger partial charge in [-0.1, -0.05) is 53.2 Å². The van der Waals surface area contributed by atoms with Crippen molar-refractivity contribution in [3.05, 3.63) is 101 Å². The summed E-state index contributed by atoms with van der Waals surface area (Å²) in [5.74, 6) is -0.213. The van der Waals surface area contributed by atoms with Gasteiger partial charge in [-0.15, -0.1) is 5.10 Å². The molecule has 0 atom stereocenters. The molecule has 7 heteroatoms. The zero-order chi connectivity index (χ0) is 20.2. The number of carbonyl (C=O) groups excluding carboxylic acids is 1. The lowest BCUT2D eigenvalue weighted by Gasteiger charge is -2.10. The van der Waals surface area contributed by atoms with Crippen LogP contribution in [-0.2, 0) is 13.1 Å². The van der Waals surface area contributed by atoms with Gasteiger partial charge < -0.3 is 9.88 Å². The van der Waals surface area contributed by atoms with Gasteiger partial charge >= 0.3 is 0 Å². The number of rotatable bonds is 6. The van der Waals surface area contributed by atoms with Crippen molar-refractivity contribution >= 4 is 5.91 Å². The summed E-state index contributed by atoms with van der Waals surface area (Å²) in [6.45, 7) is 2.57. The van der Waals surface area contributed by atoms with Crippen molar-refractivity contribution < 1.29 is 9.18 Å². The van der Waals surface area contributed by atoms with Gasteiger partial charge in [0.2, 0.25) is 0 Å². The smallest absolute Gasteiger partial charge is 0.276 e. The highest BCUT2D eigenvalue weighted by Crippen LogP contribution is 2.16. The number of amides is 1. The Balaban J connectivity index is 1.61. The summed E-state index contributed by atoms with van der Waals surface area (Å²) in [5.41, 5.74) is 2.82. The molecule has 2 heterocycles. The molecule has 1 N–H and O–H groups in total. The molecule has 4 rings (SSSR count). The average Bonchev–Trinajstić information content (AvgIpc) is 3.38. The molecule has 0 bridgehead atoms. The first kappa shape index (κ1) is 18.6. The van der Waals surface area contributed by atoms with Gasteiger partial charge in [-0.05, 0) is 30.7 Å². The molecule has 0 aliphatic rings. The fourth-order valence-corrected chi connectivity index (χ4v) is 3.06. The summed E-state index contributed by atoms with van der Waals surface area (Å²) in [6.07, 6.45) is 3.66. The molecule has 0 aliphatic carbocycles. The molecule has 29 heavy (non-hydrogen) atoms. The molecule has 6 nitrogen and oxygen atoms in total. The monoisotopic (exact) mass is 389 g/mol. The number of aromatic nitrogens is 4. The van der Waals surface area contributed by atoms with Gasteiger partial charge in [0.05, 0.1) is 6.54 Å². The maximum absolute atomic E-state index is 13.8. The van der Waals surface area contributed by atoms with Crippen molar-refractivity contribution in [2.24, 2.45) is 0 Å². The molecule has 2 aromatic carbocycles. The van der Waals surface area contributed by atoms with Crippen LogP contribution in [-0.4, -0.2) is 25.5 Å². The van der Waals surface area contributed by atoms with E-state index < -0.39 is 5.91 Å². The van der Waals surface area contributed by atoms with Crippen molar-refractivity contribution in [3.8, 4) is 5.82 Å². The molecule has 146 valence electrons. The number of benzene rings is 2. The van der Waals surface area contributed by atoms with Gasteiger partial charge in [0, 0.05) is 24.5 Å². The standard InChI is InChI=1S/C22H20FN5O/c1-16-8-10-17(11-9-16)15-28-22(27-12-4-5-13-27)20(25-26-28)21(29)24-14-18-6-2-3-7-19(18)23/h2-13H,14-15H2,1H3,(H,24,29). The van der Waals surface area contributed by atoms with E-state index in [4.69, 9.17) is 0 Å². The molecule has 1 amide bonds. The van der Waals surface area contributed by atoms with Crippen molar-refractivity contribution in [2.45, 2.75) is 20.0 Å². The summed E-state index contributed by atoms with van der Waals surface area (Å²) in [5, 5.41) is 11.0. The van der Waals surface area contributed by atoms with Crippen LogP contribution in [0.15, 0.2) is 73.1 Å². The Hall–Kier alpha value is -3.74. The second-order valence-corrected chi connectivity index (χ2v) is 6.77. The molecule has 0 fully saturated rings. The van der Waals surface area contributed by atoms with Crippen LogP contribution in [0.2, 0.25) is 0 Å². The molecule has 0 spiro atoms.